The topological polar surface area (TPSA) is 99.0 Å². The van der Waals surface area contributed by atoms with Gasteiger partial charge in [-0.3, -0.25) is 4.79 Å². The molecule has 1 aromatic carbocycles. The Balaban J connectivity index is 2.34. The lowest BCUT2D eigenvalue weighted by Gasteiger charge is -2.20. The van der Waals surface area contributed by atoms with Gasteiger partial charge in [0.2, 0.25) is 0 Å². The van der Waals surface area contributed by atoms with E-state index in [4.69, 9.17) is 0 Å². The second-order valence-corrected chi connectivity index (χ2v) is 5.13. The number of aromatic nitrogens is 4. The van der Waals surface area contributed by atoms with Gasteiger partial charge in [0, 0.05) is 6.07 Å². The number of nitrogens with zero attached hydrogens (tertiary/aromatic N) is 4. The highest BCUT2D eigenvalue weighted by molar-refractivity contribution is 5.99. The Morgan fingerprint density at radius 3 is 2.65 bits per heavy atom. The van der Waals surface area contributed by atoms with Crippen LogP contribution >= 0.6 is 0 Å². The van der Waals surface area contributed by atoms with E-state index in [0.29, 0.717) is 0 Å². The quantitative estimate of drug-likeness (QED) is 0.815. The number of ether oxygens (including phenoxy) is 1. The maximum absolute atomic E-state index is 13.5. The molecule has 8 nitrogen and oxygen atoms in total. The predicted molar refractivity (Wildman–Crippen MR) is 77.2 cm³/mol. The molecule has 0 saturated heterocycles. The number of halogens is 1. The Labute approximate surface area is 131 Å². The van der Waals surface area contributed by atoms with Crippen molar-refractivity contribution in [2.24, 2.45) is 5.92 Å². The molecule has 0 fully saturated rings. The minimum absolute atomic E-state index is 0.133. The fraction of sp³-hybridized carbons (Fsp3) is 0.357. The molecule has 0 bridgehead atoms. The summed E-state index contributed by atoms with van der Waals surface area (Å²) in [6.45, 7) is 3.55. The van der Waals surface area contributed by atoms with Crippen LogP contribution in [-0.2, 0) is 9.53 Å². The summed E-state index contributed by atoms with van der Waals surface area (Å²) in [6.07, 6.45) is 1.24. The molecule has 1 amide bonds. The van der Waals surface area contributed by atoms with Crippen LogP contribution in [-0.4, -0.2) is 45.2 Å². The minimum Gasteiger partial charge on any atom is -0.467 e. The highest BCUT2D eigenvalue weighted by Crippen LogP contribution is 2.16. The molecular formula is C14H16FN5O3. The average molecular weight is 321 g/mol. The number of esters is 1. The van der Waals surface area contributed by atoms with Crippen molar-refractivity contribution in [1.29, 1.82) is 0 Å². The molecule has 122 valence electrons. The number of carbonyl (C=O) groups excluding carboxylic acids is 2. The molecule has 23 heavy (non-hydrogen) atoms. The summed E-state index contributed by atoms with van der Waals surface area (Å²) >= 11 is 0. The van der Waals surface area contributed by atoms with Crippen LogP contribution in [0.2, 0.25) is 0 Å². The molecular weight excluding hydrogens is 305 g/mol. The van der Waals surface area contributed by atoms with E-state index in [2.05, 4.69) is 25.6 Å². The molecule has 1 N–H and O–H groups in total. The van der Waals surface area contributed by atoms with Gasteiger partial charge in [0.15, 0.2) is 0 Å². The Morgan fingerprint density at radius 2 is 2.09 bits per heavy atom. The zero-order valence-electron chi connectivity index (χ0n) is 12.9. The predicted octanol–water partition coefficient (Wildman–Crippen LogP) is 0.729. The summed E-state index contributed by atoms with van der Waals surface area (Å²) in [5, 5.41) is 13.2. The second kappa shape index (κ2) is 6.95. The first-order valence-corrected chi connectivity index (χ1v) is 6.85. The monoisotopic (exact) mass is 321 g/mol. The highest BCUT2D eigenvalue weighted by Gasteiger charge is 2.26. The molecule has 1 heterocycles. The second-order valence-electron chi connectivity index (χ2n) is 5.13. The van der Waals surface area contributed by atoms with Crippen molar-refractivity contribution in [2.75, 3.05) is 7.11 Å². The SMILES string of the molecule is COC(=O)[C@H](NC(=O)c1ccc(F)cc1-n1cnnn1)C(C)C. The number of tetrazole rings is 1. The van der Waals surface area contributed by atoms with Crippen LogP contribution in [0.25, 0.3) is 5.69 Å². The van der Waals surface area contributed by atoms with Gasteiger partial charge in [-0.15, -0.1) is 5.10 Å². The summed E-state index contributed by atoms with van der Waals surface area (Å²) in [4.78, 5) is 24.2. The van der Waals surface area contributed by atoms with Crippen molar-refractivity contribution in [3.05, 3.63) is 35.9 Å². The number of hydrogen-bond acceptors (Lipinski definition) is 6. The van der Waals surface area contributed by atoms with Crippen molar-refractivity contribution >= 4 is 11.9 Å². The summed E-state index contributed by atoms with van der Waals surface area (Å²) < 4.78 is 19.3. The summed E-state index contributed by atoms with van der Waals surface area (Å²) in [7, 11) is 1.24. The van der Waals surface area contributed by atoms with E-state index in [0.717, 1.165) is 12.1 Å². The number of hydrogen-bond donors (Lipinski definition) is 1. The number of benzene rings is 1. The third-order valence-corrected chi connectivity index (χ3v) is 3.21. The van der Waals surface area contributed by atoms with Gasteiger partial charge in [0.05, 0.1) is 18.4 Å². The van der Waals surface area contributed by atoms with E-state index in [1.807, 2.05) is 0 Å². The van der Waals surface area contributed by atoms with Gasteiger partial charge in [-0.2, -0.15) is 4.68 Å². The van der Waals surface area contributed by atoms with Gasteiger partial charge in [-0.05, 0) is 28.5 Å². The van der Waals surface area contributed by atoms with Crippen molar-refractivity contribution < 1.29 is 18.7 Å². The van der Waals surface area contributed by atoms with Gasteiger partial charge >= 0.3 is 5.97 Å². The molecule has 0 aliphatic carbocycles. The summed E-state index contributed by atoms with van der Waals surface area (Å²) in [5.74, 6) is -1.83. The smallest absolute Gasteiger partial charge is 0.328 e. The van der Waals surface area contributed by atoms with Crippen LogP contribution in [0.5, 0.6) is 0 Å². The Kier molecular flexibility index (Phi) is 4.99. The average Bonchev–Trinajstić information content (AvgIpc) is 3.05. The van der Waals surface area contributed by atoms with Crippen LogP contribution in [0.1, 0.15) is 24.2 Å². The van der Waals surface area contributed by atoms with E-state index in [1.54, 1.807) is 13.8 Å². The van der Waals surface area contributed by atoms with E-state index in [1.165, 1.54) is 24.2 Å². The molecule has 2 rings (SSSR count). The van der Waals surface area contributed by atoms with Gasteiger partial charge in [0.25, 0.3) is 5.91 Å². The zero-order chi connectivity index (χ0) is 17.0. The fourth-order valence-electron chi connectivity index (χ4n) is 2.00. The molecule has 9 heteroatoms. The van der Waals surface area contributed by atoms with Crippen molar-refractivity contribution in [3.8, 4) is 5.69 Å². The summed E-state index contributed by atoms with van der Waals surface area (Å²) in [6, 6.07) is 2.76. The number of methoxy groups -OCH3 is 1. The number of amides is 1. The van der Waals surface area contributed by atoms with Crippen molar-refractivity contribution in [2.45, 2.75) is 19.9 Å². The third-order valence-electron chi connectivity index (χ3n) is 3.21. The normalized spacial score (nSPS) is 12.0. The molecule has 1 atom stereocenters. The van der Waals surface area contributed by atoms with Gasteiger partial charge in [-0.25, -0.2) is 9.18 Å². The maximum atomic E-state index is 13.5. The van der Waals surface area contributed by atoms with Crippen LogP contribution in [0.15, 0.2) is 24.5 Å². The first-order valence-electron chi connectivity index (χ1n) is 6.85. The number of rotatable bonds is 5. The molecule has 0 radical (unpaired) electrons. The molecule has 0 saturated carbocycles. The maximum Gasteiger partial charge on any atom is 0.328 e. The highest BCUT2D eigenvalue weighted by atomic mass is 19.1. The minimum atomic E-state index is -0.820. The first-order chi connectivity index (χ1) is 10.9. The van der Waals surface area contributed by atoms with Crippen molar-refractivity contribution in [3.63, 3.8) is 0 Å². The van der Waals surface area contributed by atoms with Gasteiger partial charge in [0.1, 0.15) is 18.2 Å². The molecule has 1 aromatic heterocycles. The molecule has 0 aliphatic rings. The molecule has 0 aliphatic heterocycles. The Hall–Kier alpha value is -2.84. The number of nitrogens with one attached hydrogen (secondary N) is 1. The lowest BCUT2D eigenvalue weighted by atomic mass is 10.0. The largest absolute Gasteiger partial charge is 0.467 e. The van der Waals surface area contributed by atoms with Crippen LogP contribution in [0.3, 0.4) is 0 Å². The lowest BCUT2D eigenvalue weighted by molar-refractivity contribution is -0.144. The molecule has 0 unspecified atom stereocenters. The Bertz CT molecular complexity index is 702. The summed E-state index contributed by atoms with van der Waals surface area (Å²) in [5.41, 5.74) is 0.299. The zero-order valence-corrected chi connectivity index (χ0v) is 12.9. The van der Waals surface area contributed by atoms with Gasteiger partial charge in [-0.1, -0.05) is 13.8 Å². The van der Waals surface area contributed by atoms with Crippen LogP contribution in [0.4, 0.5) is 4.39 Å². The van der Waals surface area contributed by atoms with Crippen LogP contribution < -0.4 is 5.32 Å². The van der Waals surface area contributed by atoms with E-state index in [9.17, 15) is 14.0 Å². The van der Waals surface area contributed by atoms with E-state index in [-0.39, 0.29) is 17.2 Å². The standard InChI is InChI=1S/C14H16FN5O3/c1-8(2)12(14(22)23-3)17-13(21)10-5-4-9(15)6-11(10)20-7-16-18-19-20/h4-8,12H,1-3H3,(H,17,21)/t12-/m1/s1. The van der Waals surface area contributed by atoms with Crippen molar-refractivity contribution in [1.82, 2.24) is 25.5 Å². The number of carbonyl (C=O) groups is 2. The fourth-order valence-corrected chi connectivity index (χ4v) is 2.00. The Morgan fingerprint density at radius 1 is 1.35 bits per heavy atom. The van der Waals surface area contributed by atoms with E-state index < -0.39 is 23.7 Å². The lowest BCUT2D eigenvalue weighted by Crippen LogP contribution is -2.45. The van der Waals surface area contributed by atoms with Gasteiger partial charge < -0.3 is 10.1 Å². The van der Waals surface area contributed by atoms with Crippen LogP contribution in [0, 0.1) is 11.7 Å². The molecule has 2 aromatic rings. The molecule has 0 spiro atoms. The first kappa shape index (κ1) is 16.5. The third kappa shape index (κ3) is 3.68. The van der Waals surface area contributed by atoms with E-state index >= 15 is 0 Å².